The van der Waals surface area contributed by atoms with E-state index in [1.54, 1.807) is 25.3 Å². The summed E-state index contributed by atoms with van der Waals surface area (Å²) in [4.78, 5) is 24.2. The first kappa shape index (κ1) is 21.6. The number of hydrogen-bond acceptors (Lipinski definition) is 5. The van der Waals surface area contributed by atoms with E-state index in [9.17, 15) is 14.0 Å². The smallest absolute Gasteiger partial charge is 0.252 e. The molecule has 0 heterocycles. The van der Waals surface area contributed by atoms with Crippen molar-refractivity contribution in [3.8, 4) is 11.5 Å². The molecule has 0 aliphatic heterocycles. The number of ether oxygens (including phenoxy) is 2. The van der Waals surface area contributed by atoms with Crippen LogP contribution in [0.2, 0.25) is 0 Å². The number of nitrogens with zero attached hydrogens (tertiary/aromatic N) is 1. The summed E-state index contributed by atoms with van der Waals surface area (Å²) < 4.78 is 24.9. The Morgan fingerprint density at radius 2 is 1.89 bits per heavy atom. The lowest BCUT2D eigenvalue weighted by molar-refractivity contribution is -0.131. The van der Waals surface area contributed by atoms with Crippen LogP contribution >= 0.6 is 22.6 Å². The number of halogens is 2. The van der Waals surface area contributed by atoms with Crippen LogP contribution < -0.4 is 20.2 Å². The first-order chi connectivity index (χ1) is 13.4. The Bertz CT molecular complexity index is 905. The first-order valence-electron chi connectivity index (χ1n) is 8.17. The summed E-state index contributed by atoms with van der Waals surface area (Å²) in [5.74, 6) is -1.78. The zero-order chi connectivity index (χ0) is 20.7. The Balaban J connectivity index is 2.00. The molecular formula is C19H19FIN3O4. The van der Waals surface area contributed by atoms with Gasteiger partial charge in [0.1, 0.15) is 11.7 Å². The number of hydrazone groups is 1. The third-order valence-electron chi connectivity index (χ3n) is 3.76. The fourth-order valence-corrected chi connectivity index (χ4v) is 3.05. The van der Waals surface area contributed by atoms with Gasteiger partial charge in [-0.15, -0.1) is 0 Å². The molecule has 7 nitrogen and oxygen atoms in total. The summed E-state index contributed by atoms with van der Waals surface area (Å²) in [6.45, 7) is 1.40. The average molecular weight is 499 g/mol. The molecule has 0 saturated carbocycles. The topological polar surface area (TPSA) is 89.0 Å². The third-order valence-corrected chi connectivity index (χ3v) is 4.56. The van der Waals surface area contributed by atoms with Crippen LogP contribution in [-0.2, 0) is 9.59 Å². The molecule has 0 fully saturated rings. The molecule has 0 bridgehead atoms. The fraction of sp³-hybridized carbons (Fsp3) is 0.211. The second-order valence-corrected chi connectivity index (χ2v) is 6.83. The largest absolute Gasteiger partial charge is 0.493 e. The van der Waals surface area contributed by atoms with Gasteiger partial charge in [-0.2, -0.15) is 5.10 Å². The molecule has 2 aromatic carbocycles. The summed E-state index contributed by atoms with van der Waals surface area (Å²) in [5.41, 5.74) is 2.98. The van der Waals surface area contributed by atoms with E-state index in [-0.39, 0.29) is 5.69 Å². The summed E-state index contributed by atoms with van der Waals surface area (Å²) in [6, 6.07) is 9.21. The molecule has 0 saturated heterocycles. The van der Waals surface area contributed by atoms with Crippen molar-refractivity contribution in [2.75, 3.05) is 19.5 Å². The molecule has 1 atom stereocenters. The van der Waals surface area contributed by atoms with Crippen LogP contribution in [0.1, 0.15) is 12.5 Å². The SMILES string of the molecule is COc1cc(C=NNC(=O)C(C)C(=O)Nc2ccccc2F)cc(I)c1OC. The highest BCUT2D eigenvalue weighted by Crippen LogP contribution is 2.33. The second-order valence-electron chi connectivity index (χ2n) is 5.66. The number of methoxy groups -OCH3 is 2. The van der Waals surface area contributed by atoms with Gasteiger partial charge in [-0.05, 0) is 59.3 Å². The molecule has 2 N–H and O–H groups in total. The number of para-hydroxylation sites is 1. The molecule has 28 heavy (non-hydrogen) atoms. The Labute approximate surface area is 175 Å². The van der Waals surface area contributed by atoms with E-state index in [1.807, 2.05) is 0 Å². The highest BCUT2D eigenvalue weighted by atomic mass is 127. The van der Waals surface area contributed by atoms with Crippen molar-refractivity contribution in [2.24, 2.45) is 11.0 Å². The summed E-state index contributed by atoms with van der Waals surface area (Å²) >= 11 is 2.09. The quantitative estimate of drug-likeness (QED) is 0.265. The molecule has 2 rings (SSSR count). The molecule has 9 heteroatoms. The first-order valence-corrected chi connectivity index (χ1v) is 9.25. The van der Waals surface area contributed by atoms with Gasteiger partial charge in [-0.1, -0.05) is 12.1 Å². The monoisotopic (exact) mass is 499 g/mol. The minimum Gasteiger partial charge on any atom is -0.493 e. The molecule has 2 aromatic rings. The van der Waals surface area contributed by atoms with Gasteiger partial charge in [0.05, 0.1) is 29.7 Å². The highest BCUT2D eigenvalue weighted by molar-refractivity contribution is 14.1. The van der Waals surface area contributed by atoms with E-state index in [0.29, 0.717) is 17.1 Å². The van der Waals surface area contributed by atoms with Gasteiger partial charge in [0.2, 0.25) is 5.91 Å². The van der Waals surface area contributed by atoms with Crippen molar-refractivity contribution in [1.82, 2.24) is 5.43 Å². The Morgan fingerprint density at radius 3 is 2.54 bits per heavy atom. The van der Waals surface area contributed by atoms with Crippen molar-refractivity contribution < 1.29 is 23.5 Å². The molecule has 2 amide bonds. The number of hydrogen-bond donors (Lipinski definition) is 2. The maximum atomic E-state index is 13.6. The molecule has 0 radical (unpaired) electrons. The second kappa shape index (κ2) is 10.0. The maximum absolute atomic E-state index is 13.6. The Hall–Kier alpha value is -2.69. The van der Waals surface area contributed by atoms with Gasteiger partial charge >= 0.3 is 0 Å². The number of rotatable bonds is 7. The average Bonchev–Trinajstić information content (AvgIpc) is 2.68. The normalized spacial score (nSPS) is 11.8. The number of anilines is 1. The number of nitrogens with one attached hydrogen (secondary N) is 2. The van der Waals surface area contributed by atoms with Crippen LogP contribution in [-0.4, -0.2) is 32.2 Å². The minimum atomic E-state index is -1.07. The van der Waals surface area contributed by atoms with Gasteiger partial charge < -0.3 is 14.8 Å². The van der Waals surface area contributed by atoms with E-state index in [4.69, 9.17) is 9.47 Å². The minimum absolute atomic E-state index is 0.00977. The van der Waals surface area contributed by atoms with Gasteiger partial charge in [-0.25, -0.2) is 9.82 Å². The van der Waals surface area contributed by atoms with E-state index < -0.39 is 23.5 Å². The zero-order valence-electron chi connectivity index (χ0n) is 15.5. The molecule has 0 aliphatic rings. The van der Waals surface area contributed by atoms with Crippen LogP contribution in [0.5, 0.6) is 11.5 Å². The van der Waals surface area contributed by atoms with Gasteiger partial charge in [-0.3, -0.25) is 9.59 Å². The van der Waals surface area contributed by atoms with E-state index in [2.05, 4.69) is 38.4 Å². The predicted octanol–water partition coefficient (Wildman–Crippen LogP) is 3.17. The molecule has 1 unspecified atom stereocenters. The lowest BCUT2D eigenvalue weighted by atomic mass is 10.1. The predicted molar refractivity (Wildman–Crippen MR) is 112 cm³/mol. The van der Waals surface area contributed by atoms with Crippen molar-refractivity contribution in [3.05, 3.63) is 51.3 Å². The summed E-state index contributed by atoms with van der Waals surface area (Å²) in [5, 5.41) is 6.24. The van der Waals surface area contributed by atoms with E-state index in [0.717, 1.165) is 3.57 Å². The van der Waals surface area contributed by atoms with Crippen LogP contribution in [0.4, 0.5) is 10.1 Å². The standard InChI is InChI=1S/C19H19FIN3O4/c1-11(18(25)23-15-7-5-4-6-13(15)20)19(26)24-22-10-12-8-14(21)17(28-3)16(9-12)27-2/h4-11H,1-3H3,(H,23,25)(H,24,26). The van der Waals surface area contributed by atoms with Crippen LogP contribution in [0.3, 0.4) is 0 Å². The van der Waals surface area contributed by atoms with Gasteiger partial charge in [0, 0.05) is 0 Å². The molecular weight excluding hydrogens is 480 g/mol. The molecule has 0 aromatic heterocycles. The number of carbonyl (C=O) groups excluding carboxylic acids is 2. The molecule has 148 valence electrons. The van der Waals surface area contributed by atoms with Crippen molar-refractivity contribution in [2.45, 2.75) is 6.92 Å². The lowest BCUT2D eigenvalue weighted by Gasteiger charge is -2.11. The Morgan fingerprint density at radius 1 is 1.18 bits per heavy atom. The van der Waals surface area contributed by atoms with E-state index in [1.165, 1.54) is 38.4 Å². The third kappa shape index (κ3) is 5.41. The maximum Gasteiger partial charge on any atom is 0.252 e. The lowest BCUT2D eigenvalue weighted by Crippen LogP contribution is -2.34. The van der Waals surface area contributed by atoms with Crippen LogP contribution in [0.25, 0.3) is 0 Å². The highest BCUT2D eigenvalue weighted by Gasteiger charge is 2.22. The number of amides is 2. The van der Waals surface area contributed by atoms with E-state index >= 15 is 0 Å². The summed E-state index contributed by atoms with van der Waals surface area (Å²) in [6.07, 6.45) is 1.42. The molecule has 0 aliphatic carbocycles. The van der Waals surface area contributed by atoms with Crippen molar-refractivity contribution in [3.63, 3.8) is 0 Å². The number of benzene rings is 2. The van der Waals surface area contributed by atoms with Gasteiger partial charge in [0.25, 0.3) is 5.91 Å². The van der Waals surface area contributed by atoms with Crippen molar-refractivity contribution >= 4 is 46.3 Å². The summed E-state index contributed by atoms with van der Waals surface area (Å²) in [7, 11) is 3.06. The van der Waals surface area contributed by atoms with Crippen LogP contribution in [0, 0.1) is 15.3 Å². The van der Waals surface area contributed by atoms with Gasteiger partial charge in [0.15, 0.2) is 11.5 Å². The van der Waals surface area contributed by atoms with Crippen LogP contribution in [0.15, 0.2) is 41.5 Å². The van der Waals surface area contributed by atoms with Crippen molar-refractivity contribution in [1.29, 1.82) is 0 Å². The molecule has 0 spiro atoms. The Kier molecular flexibility index (Phi) is 7.73. The fourth-order valence-electron chi connectivity index (χ4n) is 2.20. The zero-order valence-corrected chi connectivity index (χ0v) is 17.6. The number of carbonyl (C=O) groups is 2.